The van der Waals surface area contributed by atoms with Crippen molar-refractivity contribution in [3.63, 3.8) is 0 Å². The molecule has 2 aromatic rings. The summed E-state index contributed by atoms with van der Waals surface area (Å²) >= 11 is 5.00. The Labute approximate surface area is 118 Å². The van der Waals surface area contributed by atoms with E-state index in [9.17, 15) is 4.79 Å². The predicted octanol–water partition coefficient (Wildman–Crippen LogP) is 3.37. The number of anilines is 1. The quantitative estimate of drug-likeness (QED) is 0.880. The molecule has 1 amide bonds. The van der Waals surface area contributed by atoms with Crippen LogP contribution in [0.2, 0.25) is 0 Å². The normalized spacial score (nSPS) is 10.3. The van der Waals surface area contributed by atoms with Crippen LogP contribution in [0, 0.1) is 0 Å². The van der Waals surface area contributed by atoms with Crippen LogP contribution in [0.4, 0.5) is 5.69 Å². The molecule has 1 heterocycles. The molecule has 1 aromatic heterocycles. The summed E-state index contributed by atoms with van der Waals surface area (Å²) < 4.78 is 0.660. The fraction of sp³-hybridized carbons (Fsp3) is 0.154. The van der Waals surface area contributed by atoms with E-state index in [0.717, 1.165) is 4.88 Å². The maximum Gasteiger partial charge on any atom is 0.255 e. The average Bonchev–Trinajstić information content (AvgIpc) is 2.84. The summed E-state index contributed by atoms with van der Waals surface area (Å²) in [4.78, 5) is 15.1. The number of hydrogen-bond donors (Lipinski definition) is 1. The third-order valence-electron chi connectivity index (χ3n) is 2.58. The smallest absolute Gasteiger partial charge is 0.255 e. The minimum Gasteiger partial charge on any atom is -0.398 e. The SMILES string of the molecule is CN(Cc1cccs1)C(=O)c1cccc(N)c1Br. The molecule has 0 atom stereocenters. The van der Waals surface area contributed by atoms with Crippen LogP contribution in [-0.2, 0) is 6.54 Å². The number of halogens is 1. The van der Waals surface area contributed by atoms with Crippen molar-refractivity contribution in [2.24, 2.45) is 0 Å². The minimum absolute atomic E-state index is 0.0393. The van der Waals surface area contributed by atoms with E-state index in [1.807, 2.05) is 17.5 Å². The number of nitrogens with zero attached hydrogens (tertiary/aromatic N) is 1. The molecule has 0 unspecified atom stereocenters. The van der Waals surface area contributed by atoms with Gasteiger partial charge in [-0.1, -0.05) is 12.1 Å². The number of nitrogens with two attached hydrogens (primary N) is 1. The molecule has 94 valence electrons. The summed E-state index contributed by atoms with van der Waals surface area (Å²) in [7, 11) is 1.79. The largest absolute Gasteiger partial charge is 0.398 e. The third-order valence-corrected chi connectivity index (χ3v) is 4.32. The highest BCUT2D eigenvalue weighted by Gasteiger charge is 2.16. The molecular weight excluding hydrogens is 312 g/mol. The second-order valence-corrected chi connectivity index (χ2v) is 5.77. The Kier molecular flexibility index (Phi) is 4.04. The fourth-order valence-corrected chi connectivity index (χ4v) is 2.82. The highest BCUT2D eigenvalue weighted by molar-refractivity contribution is 9.10. The standard InChI is InChI=1S/C13H13BrN2OS/c1-16(8-9-4-3-7-18-9)13(17)10-5-2-6-11(15)12(10)14/h2-7H,8,15H2,1H3. The zero-order valence-corrected chi connectivity index (χ0v) is 12.3. The van der Waals surface area contributed by atoms with Crippen molar-refractivity contribution in [1.82, 2.24) is 4.90 Å². The van der Waals surface area contributed by atoms with Crippen LogP contribution in [0.5, 0.6) is 0 Å². The van der Waals surface area contributed by atoms with E-state index >= 15 is 0 Å². The topological polar surface area (TPSA) is 46.3 Å². The number of carbonyl (C=O) groups is 1. The van der Waals surface area contributed by atoms with Gasteiger partial charge in [-0.3, -0.25) is 4.79 Å². The van der Waals surface area contributed by atoms with Crippen molar-refractivity contribution in [2.75, 3.05) is 12.8 Å². The molecule has 0 aliphatic carbocycles. The first-order chi connectivity index (χ1) is 8.59. The molecule has 0 bridgehead atoms. The lowest BCUT2D eigenvalue weighted by Crippen LogP contribution is -2.26. The van der Waals surface area contributed by atoms with E-state index in [1.165, 1.54) is 0 Å². The van der Waals surface area contributed by atoms with Gasteiger partial charge in [-0.15, -0.1) is 11.3 Å². The molecule has 0 saturated heterocycles. The maximum absolute atomic E-state index is 12.3. The Morgan fingerprint density at radius 1 is 1.39 bits per heavy atom. The Morgan fingerprint density at radius 3 is 2.83 bits per heavy atom. The van der Waals surface area contributed by atoms with E-state index in [4.69, 9.17) is 5.73 Å². The molecule has 0 radical (unpaired) electrons. The van der Waals surface area contributed by atoms with Gasteiger partial charge in [-0.05, 0) is 39.5 Å². The monoisotopic (exact) mass is 324 g/mol. The van der Waals surface area contributed by atoms with E-state index < -0.39 is 0 Å². The van der Waals surface area contributed by atoms with Crippen LogP contribution in [0.15, 0.2) is 40.2 Å². The predicted molar refractivity (Wildman–Crippen MR) is 78.7 cm³/mol. The van der Waals surface area contributed by atoms with E-state index in [1.54, 1.807) is 41.5 Å². The van der Waals surface area contributed by atoms with Crippen LogP contribution in [0.3, 0.4) is 0 Å². The van der Waals surface area contributed by atoms with Gasteiger partial charge in [0.1, 0.15) is 0 Å². The van der Waals surface area contributed by atoms with Gasteiger partial charge in [0.05, 0.1) is 16.6 Å². The number of amides is 1. The summed E-state index contributed by atoms with van der Waals surface area (Å²) in [6, 6.07) is 9.32. The molecule has 0 aliphatic rings. The number of rotatable bonds is 3. The van der Waals surface area contributed by atoms with Crippen molar-refractivity contribution < 1.29 is 4.79 Å². The van der Waals surface area contributed by atoms with Gasteiger partial charge in [-0.2, -0.15) is 0 Å². The Morgan fingerprint density at radius 2 is 2.17 bits per heavy atom. The van der Waals surface area contributed by atoms with Gasteiger partial charge >= 0.3 is 0 Å². The lowest BCUT2D eigenvalue weighted by molar-refractivity contribution is 0.0785. The lowest BCUT2D eigenvalue weighted by atomic mass is 10.2. The molecule has 2 rings (SSSR count). The van der Waals surface area contributed by atoms with Gasteiger partial charge in [0, 0.05) is 17.6 Å². The molecule has 3 nitrogen and oxygen atoms in total. The van der Waals surface area contributed by atoms with E-state index in [2.05, 4.69) is 15.9 Å². The number of hydrogen-bond acceptors (Lipinski definition) is 3. The zero-order chi connectivity index (χ0) is 13.1. The first-order valence-corrected chi connectivity index (χ1v) is 7.08. The fourth-order valence-electron chi connectivity index (χ4n) is 1.63. The maximum atomic E-state index is 12.3. The number of benzene rings is 1. The molecule has 0 saturated carbocycles. The summed E-state index contributed by atoms with van der Waals surface area (Å²) in [6.45, 7) is 0.609. The Hall–Kier alpha value is -1.33. The van der Waals surface area contributed by atoms with Crippen molar-refractivity contribution in [3.05, 3.63) is 50.6 Å². The molecule has 0 spiro atoms. The first kappa shape index (κ1) is 13.1. The summed E-state index contributed by atoms with van der Waals surface area (Å²) in [5.74, 6) is -0.0393. The number of nitrogen functional groups attached to an aromatic ring is 1. The third kappa shape index (κ3) is 2.73. The highest BCUT2D eigenvalue weighted by Crippen LogP contribution is 2.25. The van der Waals surface area contributed by atoms with Crippen LogP contribution in [0.1, 0.15) is 15.2 Å². The molecule has 18 heavy (non-hydrogen) atoms. The summed E-state index contributed by atoms with van der Waals surface area (Å²) in [6.07, 6.45) is 0. The Bertz CT molecular complexity index is 554. The molecule has 5 heteroatoms. The van der Waals surface area contributed by atoms with Gasteiger partial charge < -0.3 is 10.6 Å². The molecular formula is C13H13BrN2OS. The number of carbonyl (C=O) groups excluding carboxylic acids is 1. The van der Waals surface area contributed by atoms with E-state index in [0.29, 0.717) is 22.3 Å². The highest BCUT2D eigenvalue weighted by atomic mass is 79.9. The van der Waals surface area contributed by atoms with Crippen LogP contribution >= 0.6 is 27.3 Å². The molecule has 1 aromatic carbocycles. The zero-order valence-electron chi connectivity index (χ0n) is 9.89. The van der Waals surface area contributed by atoms with Gasteiger partial charge in [0.15, 0.2) is 0 Å². The van der Waals surface area contributed by atoms with Crippen LogP contribution < -0.4 is 5.73 Å². The van der Waals surface area contributed by atoms with Crippen LogP contribution in [-0.4, -0.2) is 17.9 Å². The molecule has 0 fully saturated rings. The minimum atomic E-state index is -0.0393. The summed E-state index contributed by atoms with van der Waals surface area (Å²) in [5, 5.41) is 2.00. The Balaban J connectivity index is 2.18. The second kappa shape index (κ2) is 5.54. The van der Waals surface area contributed by atoms with Crippen molar-refractivity contribution in [3.8, 4) is 0 Å². The van der Waals surface area contributed by atoms with E-state index in [-0.39, 0.29) is 5.91 Å². The molecule has 0 aliphatic heterocycles. The average molecular weight is 325 g/mol. The van der Waals surface area contributed by atoms with Crippen LogP contribution in [0.25, 0.3) is 0 Å². The van der Waals surface area contributed by atoms with Gasteiger partial charge in [0.25, 0.3) is 5.91 Å². The number of thiophene rings is 1. The first-order valence-electron chi connectivity index (χ1n) is 5.41. The summed E-state index contributed by atoms with van der Waals surface area (Å²) in [5.41, 5.74) is 6.95. The second-order valence-electron chi connectivity index (χ2n) is 3.95. The lowest BCUT2D eigenvalue weighted by Gasteiger charge is -2.17. The van der Waals surface area contributed by atoms with Crippen molar-refractivity contribution >= 4 is 38.9 Å². The van der Waals surface area contributed by atoms with Crippen molar-refractivity contribution in [2.45, 2.75) is 6.54 Å². The van der Waals surface area contributed by atoms with Gasteiger partial charge in [-0.25, -0.2) is 0 Å². The molecule has 2 N–H and O–H groups in total. The van der Waals surface area contributed by atoms with Crippen molar-refractivity contribution in [1.29, 1.82) is 0 Å². The van der Waals surface area contributed by atoms with Gasteiger partial charge in [0.2, 0.25) is 0 Å².